The van der Waals surface area contributed by atoms with E-state index in [2.05, 4.69) is 57.9 Å². The van der Waals surface area contributed by atoms with Crippen LogP contribution in [0, 0.1) is 0 Å². The van der Waals surface area contributed by atoms with Gasteiger partial charge in [0, 0.05) is 20.9 Å². The van der Waals surface area contributed by atoms with Gasteiger partial charge in [0.05, 0.1) is 28.2 Å². The Labute approximate surface area is 215 Å². The Morgan fingerprint density at radius 3 is 2.61 bits per heavy atom. The van der Waals surface area contributed by atoms with Gasteiger partial charge in [-0.25, -0.2) is 9.78 Å². The van der Waals surface area contributed by atoms with Gasteiger partial charge >= 0.3 is 5.97 Å². The van der Waals surface area contributed by atoms with E-state index in [4.69, 9.17) is 14.6 Å². The van der Waals surface area contributed by atoms with Crippen molar-refractivity contribution >= 4 is 70.9 Å². The van der Waals surface area contributed by atoms with Crippen molar-refractivity contribution in [1.82, 2.24) is 9.66 Å². The molecule has 1 aromatic heterocycles. The molecule has 8 nitrogen and oxygen atoms in total. The first kappa shape index (κ1) is 25.4. The SMILES string of the molecule is CCCc1nc2ccc(Br)cc2c(=O)n1N=Cc1cc(OCC)c(OCC(=O)O)c(Br)c1Br. The normalized spacial score (nSPS) is 11.3. The standard InChI is InChI=1S/C22H20Br3N3O5/c1-3-5-17-27-15-7-6-13(23)9-14(15)22(31)28(17)26-10-12-8-16(32-4-2)21(20(25)19(12)24)33-11-18(29)30/h6-10H,3-5,11H2,1-2H3,(H,29,30). The number of carboxylic acids is 1. The highest BCUT2D eigenvalue weighted by atomic mass is 79.9. The number of aliphatic carboxylic acids is 1. The minimum Gasteiger partial charge on any atom is -0.490 e. The largest absolute Gasteiger partial charge is 0.490 e. The summed E-state index contributed by atoms with van der Waals surface area (Å²) in [5.74, 6) is 0.0425. The quantitative estimate of drug-likeness (QED) is 0.314. The molecule has 1 N–H and O–H groups in total. The van der Waals surface area contributed by atoms with E-state index in [0.29, 0.717) is 50.0 Å². The third kappa shape index (κ3) is 5.82. The van der Waals surface area contributed by atoms with Crippen LogP contribution in [0.15, 0.2) is 47.6 Å². The number of carbonyl (C=O) groups is 1. The highest BCUT2D eigenvalue weighted by molar-refractivity contribution is 9.13. The monoisotopic (exact) mass is 643 g/mol. The van der Waals surface area contributed by atoms with Crippen molar-refractivity contribution in [1.29, 1.82) is 0 Å². The fourth-order valence-electron chi connectivity index (χ4n) is 3.05. The lowest BCUT2D eigenvalue weighted by Crippen LogP contribution is -2.22. The summed E-state index contributed by atoms with van der Waals surface area (Å²) in [5, 5.41) is 13.8. The van der Waals surface area contributed by atoms with E-state index >= 15 is 0 Å². The number of hydrogen-bond acceptors (Lipinski definition) is 6. The Hall–Kier alpha value is -2.24. The van der Waals surface area contributed by atoms with Gasteiger partial charge in [-0.15, -0.1) is 0 Å². The molecule has 0 aliphatic heterocycles. The molecule has 0 fully saturated rings. The maximum Gasteiger partial charge on any atom is 0.341 e. The summed E-state index contributed by atoms with van der Waals surface area (Å²) >= 11 is 10.3. The molecule has 0 aliphatic carbocycles. The molecule has 3 rings (SSSR count). The predicted octanol–water partition coefficient (Wildman–Crippen LogP) is 5.38. The molecular weight excluding hydrogens is 626 g/mol. The minimum atomic E-state index is -1.11. The molecule has 0 saturated heterocycles. The van der Waals surface area contributed by atoms with E-state index in [9.17, 15) is 9.59 Å². The summed E-state index contributed by atoms with van der Waals surface area (Å²) < 4.78 is 14.1. The van der Waals surface area contributed by atoms with Crippen molar-refractivity contribution in [3.63, 3.8) is 0 Å². The topological polar surface area (TPSA) is 103 Å². The van der Waals surface area contributed by atoms with Crippen molar-refractivity contribution in [3.8, 4) is 11.5 Å². The Morgan fingerprint density at radius 1 is 1.18 bits per heavy atom. The van der Waals surface area contributed by atoms with Crippen molar-refractivity contribution < 1.29 is 19.4 Å². The van der Waals surface area contributed by atoms with Gasteiger partial charge in [0.1, 0.15) is 5.82 Å². The number of carboxylic acid groups (broad SMARTS) is 1. The Kier molecular flexibility index (Phi) is 8.66. The third-order valence-corrected chi connectivity index (χ3v) is 7.09. The highest BCUT2D eigenvalue weighted by Crippen LogP contribution is 2.42. The fraction of sp³-hybridized carbons (Fsp3) is 0.273. The fourth-order valence-corrected chi connectivity index (χ4v) is 4.35. The van der Waals surface area contributed by atoms with E-state index in [1.165, 1.54) is 10.9 Å². The van der Waals surface area contributed by atoms with Crippen molar-refractivity contribution in [3.05, 3.63) is 59.4 Å². The molecule has 0 amide bonds. The van der Waals surface area contributed by atoms with Gasteiger partial charge in [0.2, 0.25) is 0 Å². The second-order valence-electron chi connectivity index (χ2n) is 6.84. The highest BCUT2D eigenvalue weighted by Gasteiger charge is 2.18. The van der Waals surface area contributed by atoms with Crippen LogP contribution in [0.3, 0.4) is 0 Å². The molecule has 0 aliphatic rings. The summed E-state index contributed by atoms with van der Waals surface area (Å²) in [6.45, 7) is 3.63. The van der Waals surface area contributed by atoms with Crippen molar-refractivity contribution in [2.75, 3.05) is 13.2 Å². The van der Waals surface area contributed by atoms with E-state index in [0.717, 1.165) is 10.9 Å². The summed E-state index contributed by atoms with van der Waals surface area (Å²) in [6.07, 6.45) is 2.89. The summed E-state index contributed by atoms with van der Waals surface area (Å²) in [5.41, 5.74) is 0.930. The van der Waals surface area contributed by atoms with Gasteiger partial charge in [0.25, 0.3) is 5.56 Å². The molecule has 0 saturated carbocycles. The number of aromatic nitrogens is 2. The van der Waals surface area contributed by atoms with E-state index < -0.39 is 12.6 Å². The van der Waals surface area contributed by atoms with Crippen LogP contribution in [0.4, 0.5) is 0 Å². The predicted molar refractivity (Wildman–Crippen MR) is 137 cm³/mol. The summed E-state index contributed by atoms with van der Waals surface area (Å²) in [7, 11) is 0. The number of ether oxygens (including phenoxy) is 2. The van der Waals surface area contributed by atoms with Crippen LogP contribution < -0.4 is 15.0 Å². The molecule has 1 heterocycles. The molecule has 0 atom stereocenters. The first-order chi connectivity index (χ1) is 15.8. The second kappa shape index (κ2) is 11.3. The number of hydrogen-bond donors (Lipinski definition) is 1. The molecule has 174 valence electrons. The molecule has 0 bridgehead atoms. The second-order valence-corrected chi connectivity index (χ2v) is 9.34. The number of halogens is 3. The Balaban J connectivity index is 2.12. The summed E-state index contributed by atoms with van der Waals surface area (Å²) in [4.78, 5) is 28.8. The number of rotatable bonds is 9. The zero-order valence-electron chi connectivity index (χ0n) is 17.8. The van der Waals surface area contributed by atoms with Crippen LogP contribution in [-0.4, -0.2) is 40.2 Å². The van der Waals surface area contributed by atoms with Crippen molar-refractivity contribution in [2.24, 2.45) is 5.10 Å². The number of nitrogens with zero attached hydrogens (tertiary/aromatic N) is 3. The van der Waals surface area contributed by atoms with Gasteiger partial charge in [-0.1, -0.05) is 22.9 Å². The lowest BCUT2D eigenvalue weighted by atomic mass is 10.2. The van der Waals surface area contributed by atoms with Gasteiger partial charge < -0.3 is 14.6 Å². The maximum atomic E-state index is 13.2. The molecule has 2 aromatic carbocycles. The summed E-state index contributed by atoms with van der Waals surface area (Å²) in [6, 6.07) is 7.03. The lowest BCUT2D eigenvalue weighted by molar-refractivity contribution is -0.139. The van der Waals surface area contributed by atoms with Crippen LogP contribution in [0.5, 0.6) is 11.5 Å². The molecule has 11 heteroatoms. The molecule has 0 radical (unpaired) electrons. The molecule has 3 aromatic rings. The van der Waals surface area contributed by atoms with Crippen LogP contribution in [0.25, 0.3) is 10.9 Å². The van der Waals surface area contributed by atoms with Crippen LogP contribution in [0.1, 0.15) is 31.7 Å². The molecular formula is C22H20Br3N3O5. The third-order valence-electron chi connectivity index (χ3n) is 4.46. The van der Waals surface area contributed by atoms with Gasteiger partial charge in [0.15, 0.2) is 18.1 Å². The maximum absolute atomic E-state index is 13.2. The average molecular weight is 646 g/mol. The zero-order chi connectivity index (χ0) is 24.1. The first-order valence-corrected chi connectivity index (χ1v) is 12.4. The first-order valence-electron chi connectivity index (χ1n) is 10.0. The van der Waals surface area contributed by atoms with Gasteiger partial charge in [-0.05, 0) is 69.5 Å². The van der Waals surface area contributed by atoms with Crippen molar-refractivity contribution in [2.45, 2.75) is 26.7 Å². The van der Waals surface area contributed by atoms with E-state index in [1.54, 1.807) is 25.1 Å². The van der Waals surface area contributed by atoms with Crippen LogP contribution in [0.2, 0.25) is 0 Å². The number of fused-ring (bicyclic) bond motifs is 1. The Morgan fingerprint density at radius 2 is 1.94 bits per heavy atom. The van der Waals surface area contributed by atoms with Gasteiger partial charge in [-0.2, -0.15) is 9.78 Å². The molecule has 33 heavy (non-hydrogen) atoms. The number of benzene rings is 2. The van der Waals surface area contributed by atoms with Gasteiger partial charge in [-0.3, -0.25) is 4.79 Å². The average Bonchev–Trinajstić information content (AvgIpc) is 2.77. The lowest BCUT2D eigenvalue weighted by Gasteiger charge is -2.15. The van der Waals surface area contributed by atoms with Crippen LogP contribution in [-0.2, 0) is 11.2 Å². The molecule has 0 spiro atoms. The Bertz CT molecular complexity index is 1290. The van der Waals surface area contributed by atoms with E-state index in [-0.39, 0.29) is 11.3 Å². The zero-order valence-corrected chi connectivity index (χ0v) is 22.5. The van der Waals surface area contributed by atoms with E-state index in [1.807, 2.05) is 13.0 Å². The smallest absolute Gasteiger partial charge is 0.341 e. The molecule has 0 unspecified atom stereocenters. The minimum absolute atomic E-state index is 0.254. The number of aryl methyl sites for hydroxylation is 1. The van der Waals surface area contributed by atoms with Crippen LogP contribution >= 0.6 is 47.8 Å².